The number of rotatable bonds is 4. The zero-order chi connectivity index (χ0) is 14.9. The van der Waals surface area contributed by atoms with E-state index in [1.165, 1.54) is 5.56 Å². The van der Waals surface area contributed by atoms with E-state index in [1.54, 1.807) is 4.90 Å². The average molecular weight is 276 g/mol. The Morgan fingerprint density at radius 3 is 2.60 bits per heavy atom. The number of anilines is 1. The number of carbonyl (C=O) groups is 1. The zero-order valence-corrected chi connectivity index (χ0v) is 12.8. The molecule has 2 rings (SSSR count). The number of aryl methyl sites for hydroxylation is 1. The Hall–Kier alpha value is -1.55. The maximum Gasteiger partial charge on any atom is 0.268 e. The highest BCUT2D eigenvalue weighted by Gasteiger charge is 2.35. The molecule has 1 aliphatic heterocycles. The molecular weight excluding hydrogens is 252 g/mol. The van der Waals surface area contributed by atoms with Gasteiger partial charge in [-0.3, -0.25) is 4.79 Å². The number of carbonyl (C=O) groups excluding carboxylic acids is 1. The fourth-order valence-corrected chi connectivity index (χ4v) is 2.42. The fourth-order valence-electron chi connectivity index (χ4n) is 2.42. The molecule has 20 heavy (non-hydrogen) atoms. The number of hydrogen-bond acceptors (Lipinski definition) is 3. The summed E-state index contributed by atoms with van der Waals surface area (Å²) in [6.07, 6.45) is 1.19. The van der Waals surface area contributed by atoms with E-state index in [0.717, 1.165) is 17.9 Å². The average Bonchev–Trinajstić information content (AvgIpc) is 2.40. The number of ether oxygens (including phenoxy) is 1. The normalized spacial score (nSPS) is 18.8. The van der Waals surface area contributed by atoms with Crippen molar-refractivity contribution in [1.29, 1.82) is 0 Å². The number of amides is 1. The molecule has 1 aromatic rings. The number of nitrogens with two attached hydrogens (primary N) is 1. The summed E-state index contributed by atoms with van der Waals surface area (Å²) in [7, 11) is 0. The third-order valence-corrected chi connectivity index (χ3v) is 3.47. The van der Waals surface area contributed by atoms with Crippen LogP contribution in [0.25, 0.3) is 0 Å². The molecule has 1 heterocycles. The molecule has 1 amide bonds. The third kappa shape index (κ3) is 2.96. The van der Waals surface area contributed by atoms with E-state index in [-0.39, 0.29) is 5.91 Å². The van der Waals surface area contributed by atoms with E-state index < -0.39 is 11.6 Å². The minimum atomic E-state index is -0.440. The van der Waals surface area contributed by atoms with Gasteiger partial charge in [-0.1, -0.05) is 19.9 Å². The Morgan fingerprint density at radius 2 is 2.05 bits per heavy atom. The molecule has 1 aliphatic rings. The van der Waals surface area contributed by atoms with E-state index >= 15 is 0 Å². The second-order valence-corrected chi connectivity index (χ2v) is 6.08. The second-order valence-electron chi connectivity index (χ2n) is 6.08. The van der Waals surface area contributed by atoms with Gasteiger partial charge in [0.1, 0.15) is 5.75 Å². The van der Waals surface area contributed by atoms with Gasteiger partial charge in [-0.2, -0.15) is 0 Å². The smallest absolute Gasteiger partial charge is 0.268 e. The number of benzene rings is 1. The molecule has 1 unspecified atom stereocenters. The van der Waals surface area contributed by atoms with Crippen molar-refractivity contribution in [1.82, 2.24) is 0 Å². The molecule has 0 radical (unpaired) electrons. The van der Waals surface area contributed by atoms with Crippen molar-refractivity contribution in [2.24, 2.45) is 5.73 Å². The lowest BCUT2D eigenvalue weighted by Crippen LogP contribution is -2.53. The molecule has 0 aliphatic carbocycles. The first-order valence-electron chi connectivity index (χ1n) is 7.25. The van der Waals surface area contributed by atoms with Crippen LogP contribution in [-0.2, 0) is 11.2 Å². The van der Waals surface area contributed by atoms with Crippen LogP contribution >= 0.6 is 0 Å². The summed E-state index contributed by atoms with van der Waals surface area (Å²) in [4.78, 5) is 14.3. The Kier molecular flexibility index (Phi) is 4.04. The predicted molar refractivity (Wildman–Crippen MR) is 81.1 cm³/mol. The summed E-state index contributed by atoms with van der Waals surface area (Å²) >= 11 is 0. The molecule has 0 saturated heterocycles. The van der Waals surface area contributed by atoms with Gasteiger partial charge in [-0.15, -0.1) is 0 Å². The van der Waals surface area contributed by atoms with Crippen LogP contribution in [-0.4, -0.2) is 24.1 Å². The highest BCUT2D eigenvalue weighted by molar-refractivity contribution is 6.00. The molecular formula is C16H24N2O2. The first kappa shape index (κ1) is 14.9. The van der Waals surface area contributed by atoms with Gasteiger partial charge in [0.15, 0.2) is 6.10 Å². The van der Waals surface area contributed by atoms with E-state index in [9.17, 15) is 4.79 Å². The van der Waals surface area contributed by atoms with Crippen molar-refractivity contribution in [3.05, 3.63) is 23.8 Å². The molecule has 4 nitrogen and oxygen atoms in total. The lowest BCUT2D eigenvalue weighted by atomic mass is 10.0. The topological polar surface area (TPSA) is 55.6 Å². The van der Waals surface area contributed by atoms with Gasteiger partial charge in [0.25, 0.3) is 5.91 Å². The molecule has 0 saturated carbocycles. The van der Waals surface area contributed by atoms with Gasteiger partial charge in [0.2, 0.25) is 0 Å². The molecule has 0 aromatic heterocycles. The molecule has 2 N–H and O–H groups in total. The highest BCUT2D eigenvalue weighted by Crippen LogP contribution is 2.36. The minimum Gasteiger partial charge on any atom is -0.478 e. The quantitative estimate of drug-likeness (QED) is 0.919. The first-order chi connectivity index (χ1) is 9.35. The van der Waals surface area contributed by atoms with E-state index in [2.05, 4.69) is 6.92 Å². The van der Waals surface area contributed by atoms with Gasteiger partial charge < -0.3 is 15.4 Å². The van der Waals surface area contributed by atoms with E-state index in [0.29, 0.717) is 13.0 Å². The van der Waals surface area contributed by atoms with Crippen molar-refractivity contribution in [3.63, 3.8) is 0 Å². The predicted octanol–water partition coefficient (Wildman–Crippen LogP) is 2.49. The third-order valence-electron chi connectivity index (χ3n) is 3.47. The Bertz CT molecular complexity index is 506. The molecule has 4 heteroatoms. The van der Waals surface area contributed by atoms with E-state index in [1.807, 2.05) is 39.0 Å². The Morgan fingerprint density at radius 1 is 1.35 bits per heavy atom. The second kappa shape index (κ2) is 5.44. The Balaban J connectivity index is 2.44. The van der Waals surface area contributed by atoms with Crippen LogP contribution < -0.4 is 15.4 Å². The zero-order valence-electron chi connectivity index (χ0n) is 12.8. The van der Waals surface area contributed by atoms with Crippen molar-refractivity contribution in [3.8, 4) is 5.75 Å². The monoisotopic (exact) mass is 276 g/mol. The van der Waals surface area contributed by atoms with Crippen LogP contribution in [0.2, 0.25) is 0 Å². The van der Waals surface area contributed by atoms with Gasteiger partial charge >= 0.3 is 0 Å². The summed E-state index contributed by atoms with van der Waals surface area (Å²) in [5.41, 5.74) is 7.70. The molecule has 1 aromatic carbocycles. The van der Waals surface area contributed by atoms with Crippen LogP contribution in [0, 0.1) is 0 Å². The van der Waals surface area contributed by atoms with Crippen molar-refractivity contribution < 1.29 is 9.53 Å². The van der Waals surface area contributed by atoms with E-state index in [4.69, 9.17) is 10.5 Å². The van der Waals surface area contributed by atoms with Crippen molar-refractivity contribution in [2.45, 2.75) is 52.2 Å². The number of nitrogens with zero attached hydrogens (tertiary/aromatic N) is 1. The van der Waals surface area contributed by atoms with Gasteiger partial charge in [0.05, 0.1) is 5.69 Å². The standard InChI is InChI=1S/C16H24N2O2/c1-5-11-7-8-14-12(9-11)18(10-16(3,4)17)15(19)13(6-2)20-14/h7-9,13H,5-6,10,17H2,1-4H3. The molecule has 0 fully saturated rings. The van der Waals surface area contributed by atoms with Crippen LogP contribution in [0.3, 0.4) is 0 Å². The molecule has 0 spiro atoms. The van der Waals surface area contributed by atoms with Crippen LogP contribution in [0.1, 0.15) is 39.7 Å². The fraction of sp³-hybridized carbons (Fsp3) is 0.562. The lowest BCUT2D eigenvalue weighted by molar-refractivity contribution is -0.126. The summed E-state index contributed by atoms with van der Waals surface area (Å²) in [6, 6.07) is 6.04. The molecule has 110 valence electrons. The maximum absolute atomic E-state index is 12.5. The number of fused-ring (bicyclic) bond motifs is 1. The molecule has 0 bridgehead atoms. The summed E-state index contributed by atoms with van der Waals surface area (Å²) in [5.74, 6) is 0.782. The largest absolute Gasteiger partial charge is 0.478 e. The number of hydrogen-bond donors (Lipinski definition) is 1. The Labute approximate surface area is 120 Å². The van der Waals surface area contributed by atoms with Crippen LogP contribution in [0.4, 0.5) is 5.69 Å². The summed E-state index contributed by atoms with van der Waals surface area (Å²) < 4.78 is 5.81. The minimum absolute atomic E-state index is 0.00628. The summed E-state index contributed by atoms with van der Waals surface area (Å²) in [6.45, 7) is 8.41. The maximum atomic E-state index is 12.5. The van der Waals surface area contributed by atoms with Crippen molar-refractivity contribution >= 4 is 11.6 Å². The van der Waals surface area contributed by atoms with Gasteiger partial charge in [-0.25, -0.2) is 0 Å². The lowest BCUT2D eigenvalue weighted by Gasteiger charge is -2.37. The highest BCUT2D eigenvalue weighted by atomic mass is 16.5. The van der Waals surface area contributed by atoms with Crippen LogP contribution in [0.15, 0.2) is 18.2 Å². The first-order valence-corrected chi connectivity index (χ1v) is 7.25. The molecule has 1 atom stereocenters. The van der Waals surface area contributed by atoms with Crippen molar-refractivity contribution in [2.75, 3.05) is 11.4 Å². The SMILES string of the molecule is CCc1ccc2c(c1)N(CC(C)(C)N)C(=O)C(CC)O2. The summed E-state index contributed by atoms with van der Waals surface area (Å²) in [5, 5.41) is 0. The van der Waals surface area contributed by atoms with Gasteiger partial charge in [-0.05, 0) is 44.4 Å². The van der Waals surface area contributed by atoms with Crippen LogP contribution in [0.5, 0.6) is 5.75 Å². The van der Waals surface area contributed by atoms with Gasteiger partial charge in [0, 0.05) is 12.1 Å².